The molecule has 0 bridgehead atoms. The molecule has 6 nitrogen and oxygen atoms in total. The van der Waals surface area contributed by atoms with E-state index in [1.807, 2.05) is 25.1 Å². The average molecular weight is 569 g/mol. The second-order valence-electron chi connectivity index (χ2n) is 16.2. The van der Waals surface area contributed by atoms with E-state index in [-0.39, 0.29) is 52.2 Å². The number of carbonyl (C=O) groups is 2. The fourth-order valence-electron chi connectivity index (χ4n) is 5.91. The van der Waals surface area contributed by atoms with Gasteiger partial charge in [-0.2, -0.15) is 0 Å². The Bertz CT molecular complexity index is 1160. The number of aromatic hydroxyl groups is 1. The third-order valence-electron chi connectivity index (χ3n) is 8.01. The zero-order chi connectivity index (χ0) is 31.8. The lowest BCUT2D eigenvalue weighted by Crippen LogP contribution is -2.47. The Labute approximate surface area is 249 Å². The van der Waals surface area contributed by atoms with Gasteiger partial charge in [-0.25, -0.2) is 0 Å². The zero-order valence-corrected chi connectivity index (χ0v) is 27.9. The number of aliphatic hydroxyl groups is 1. The molecule has 0 heterocycles. The summed E-state index contributed by atoms with van der Waals surface area (Å²) in [7, 11) is 0. The van der Waals surface area contributed by atoms with Crippen molar-refractivity contribution in [3.63, 3.8) is 0 Å². The SMILES string of the molecule is CC(C)(C)C1=CC(CCC(=O)NNC(=O)CCc2cc(C(C)(C)C)c(O)c(C(C)(C)C)c2)=CC(C(C)(C)C)C1(C)O. The van der Waals surface area contributed by atoms with E-state index >= 15 is 0 Å². The van der Waals surface area contributed by atoms with E-state index in [2.05, 4.69) is 100 Å². The molecule has 0 aliphatic heterocycles. The van der Waals surface area contributed by atoms with Gasteiger partial charge in [-0.1, -0.05) is 113 Å². The summed E-state index contributed by atoms with van der Waals surface area (Å²) in [6.07, 6.45) is 5.60. The molecule has 1 aliphatic carbocycles. The summed E-state index contributed by atoms with van der Waals surface area (Å²) in [6, 6.07) is 3.96. The van der Waals surface area contributed by atoms with Gasteiger partial charge < -0.3 is 10.2 Å². The number of carbonyl (C=O) groups excluding carboxylic acids is 2. The van der Waals surface area contributed by atoms with Gasteiger partial charge in [0.1, 0.15) is 5.75 Å². The molecule has 230 valence electrons. The predicted octanol–water partition coefficient (Wildman–Crippen LogP) is 7.17. The Morgan fingerprint density at radius 1 is 0.780 bits per heavy atom. The largest absolute Gasteiger partial charge is 0.507 e. The number of rotatable bonds is 6. The number of hydrogen-bond acceptors (Lipinski definition) is 4. The van der Waals surface area contributed by atoms with Crippen LogP contribution in [0.15, 0.2) is 35.4 Å². The van der Waals surface area contributed by atoms with Crippen LogP contribution in [-0.2, 0) is 26.8 Å². The van der Waals surface area contributed by atoms with Crippen LogP contribution < -0.4 is 10.9 Å². The number of amides is 2. The Morgan fingerprint density at radius 2 is 1.22 bits per heavy atom. The van der Waals surface area contributed by atoms with Gasteiger partial charge in [-0.15, -0.1) is 0 Å². The van der Waals surface area contributed by atoms with Crippen LogP contribution in [0.4, 0.5) is 0 Å². The van der Waals surface area contributed by atoms with E-state index < -0.39 is 5.60 Å². The quantitative estimate of drug-likeness (QED) is 0.273. The lowest BCUT2D eigenvalue weighted by Gasteiger charge is -2.47. The van der Waals surface area contributed by atoms with E-state index in [0.717, 1.165) is 27.8 Å². The van der Waals surface area contributed by atoms with E-state index in [0.29, 0.717) is 18.6 Å². The van der Waals surface area contributed by atoms with Gasteiger partial charge in [0.15, 0.2) is 0 Å². The van der Waals surface area contributed by atoms with Crippen molar-refractivity contribution in [1.82, 2.24) is 10.9 Å². The number of hydrogen-bond donors (Lipinski definition) is 4. The molecule has 0 saturated heterocycles. The van der Waals surface area contributed by atoms with Crippen molar-refractivity contribution in [1.29, 1.82) is 0 Å². The molecule has 1 aliphatic rings. The number of phenols is 1. The van der Waals surface area contributed by atoms with Gasteiger partial charge in [0.25, 0.3) is 0 Å². The van der Waals surface area contributed by atoms with Crippen molar-refractivity contribution >= 4 is 11.8 Å². The first kappa shape index (κ1) is 34.6. The lowest BCUT2D eigenvalue weighted by molar-refractivity contribution is -0.128. The van der Waals surface area contributed by atoms with Gasteiger partial charge in [0.2, 0.25) is 11.8 Å². The highest BCUT2D eigenvalue weighted by molar-refractivity contribution is 5.82. The Hall–Kier alpha value is -2.60. The van der Waals surface area contributed by atoms with Gasteiger partial charge in [-0.3, -0.25) is 20.4 Å². The highest BCUT2D eigenvalue weighted by Gasteiger charge is 2.46. The van der Waals surface area contributed by atoms with Crippen LogP contribution in [0.3, 0.4) is 0 Å². The summed E-state index contributed by atoms with van der Waals surface area (Å²) in [5.41, 5.74) is 7.99. The van der Waals surface area contributed by atoms with Crippen molar-refractivity contribution in [2.75, 3.05) is 0 Å². The maximum atomic E-state index is 12.6. The fraction of sp³-hybridized carbons (Fsp3) is 0.657. The van der Waals surface area contributed by atoms with Gasteiger partial charge in [0.05, 0.1) is 5.60 Å². The van der Waals surface area contributed by atoms with Crippen LogP contribution in [0.25, 0.3) is 0 Å². The summed E-state index contributed by atoms with van der Waals surface area (Å²) in [5.74, 6) is -0.300. The second-order valence-corrected chi connectivity index (χ2v) is 16.2. The molecule has 2 atom stereocenters. The van der Waals surface area contributed by atoms with Crippen LogP contribution >= 0.6 is 0 Å². The fourth-order valence-corrected chi connectivity index (χ4v) is 5.91. The van der Waals surface area contributed by atoms with Crippen molar-refractivity contribution in [2.45, 2.75) is 132 Å². The molecule has 41 heavy (non-hydrogen) atoms. The van der Waals surface area contributed by atoms with E-state index in [9.17, 15) is 19.8 Å². The zero-order valence-electron chi connectivity index (χ0n) is 27.9. The number of hydrazine groups is 1. The van der Waals surface area contributed by atoms with Crippen LogP contribution in [-0.4, -0.2) is 27.6 Å². The Kier molecular flexibility index (Phi) is 10.1. The van der Waals surface area contributed by atoms with Crippen LogP contribution in [0, 0.1) is 16.7 Å². The third kappa shape index (κ3) is 8.94. The summed E-state index contributed by atoms with van der Waals surface area (Å²) >= 11 is 0. The molecule has 0 fully saturated rings. The smallest absolute Gasteiger partial charge is 0.238 e. The summed E-state index contributed by atoms with van der Waals surface area (Å²) in [5, 5.41) is 22.4. The molecule has 6 heteroatoms. The molecule has 0 radical (unpaired) electrons. The van der Waals surface area contributed by atoms with Crippen LogP contribution in [0.1, 0.15) is 126 Å². The topological polar surface area (TPSA) is 98.7 Å². The van der Waals surface area contributed by atoms with Crippen LogP contribution in [0.2, 0.25) is 0 Å². The predicted molar refractivity (Wildman–Crippen MR) is 169 cm³/mol. The summed E-state index contributed by atoms with van der Waals surface area (Å²) in [6.45, 7) is 27.0. The first-order valence-corrected chi connectivity index (χ1v) is 15.0. The minimum Gasteiger partial charge on any atom is -0.507 e. The maximum Gasteiger partial charge on any atom is 0.238 e. The van der Waals surface area contributed by atoms with Crippen LogP contribution in [0.5, 0.6) is 5.75 Å². The maximum absolute atomic E-state index is 12.6. The third-order valence-corrected chi connectivity index (χ3v) is 8.01. The molecular formula is C35H56N2O4. The van der Waals surface area contributed by atoms with E-state index in [4.69, 9.17) is 0 Å². The van der Waals surface area contributed by atoms with Gasteiger partial charge in [0, 0.05) is 18.8 Å². The first-order valence-electron chi connectivity index (χ1n) is 15.0. The molecule has 4 N–H and O–H groups in total. The minimum atomic E-state index is -0.977. The van der Waals surface area contributed by atoms with Crippen molar-refractivity contribution in [3.8, 4) is 5.75 Å². The molecular weight excluding hydrogens is 512 g/mol. The summed E-state index contributed by atoms with van der Waals surface area (Å²) < 4.78 is 0. The molecule has 1 aromatic rings. The number of benzene rings is 1. The van der Waals surface area contributed by atoms with Crippen molar-refractivity contribution < 1.29 is 19.8 Å². The monoisotopic (exact) mass is 568 g/mol. The first-order chi connectivity index (χ1) is 18.3. The molecule has 0 saturated carbocycles. The Morgan fingerprint density at radius 3 is 1.61 bits per heavy atom. The Balaban J connectivity index is 2.04. The standard InChI is InChI=1S/C35H56N2O4/c1-31(2,3)24-18-22(19-25(30(24)40)32(4,5)6)14-16-28(38)36-37-29(39)17-15-23-20-26(33(7,8)9)35(13,41)27(21-23)34(10,11)12/h18-21,26,40-41H,14-17H2,1-13H3,(H,36,38)(H,37,39). The summed E-state index contributed by atoms with van der Waals surface area (Å²) in [4.78, 5) is 25.3. The molecule has 1 aromatic carbocycles. The number of aryl methyl sites for hydroxylation is 1. The van der Waals surface area contributed by atoms with Crippen molar-refractivity contribution in [2.24, 2.45) is 16.7 Å². The van der Waals surface area contributed by atoms with E-state index in [1.165, 1.54) is 0 Å². The molecule has 2 rings (SSSR count). The number of nitrogens with one attached hydrogen (secondary N) is 2. The average Bonchev–Trinajstić information content (AvgIpc) is 2.77. The molecule has 0 spiro atoms. The highest BCUT2D eigenvalue weighted by Crippen LogP contribution is 2.49. The minimum absolute atomic E-state index is 0.0931. The second kappa shape index (κ2) is 11.9. The highest BCUT2D eigenvalue weighted by atomic mass is 16.3. The molecule has 0 aromatic heterocycles. The number of allylic oxidation sites excluding steroid dienone is 2. The number of phenolic OH excluding ortho intramolecular Hbond substituents is 1. The van der Waals surface area contributed by atoms with Crippen molar-refractivity contribution in [3.05, 3.63) is 52.1 Å². The van der Waals surface area contributed by atoms with Gasteiger partial charge in [-0.05, 0) is 63.7 Å². The van der Waals surface area contributed by atoms with Gasteiger partial charge >= 0.3 is 0 Å². The van der Waals surface area contributed by atoms with E-state index in [1.54, 1.807) is 0 Å². The normalized spacial score (nSPS) is 20.3. The lowest BCUT2D eigenvalue weighted by atomic mass is 9.60. The molecule has 2 unspecified atom stereocenters. The molecule has 2 amide bonds.